The minimum Gasteiger partial charge on any atom is -0.464 e. The van der Waals surface area contributed by atoms with Crippen molar-refractivity contribution in [3.8, 4) is 0 Å². The van der Waals surface area contributed by atoms with E-state index in [9.17, 15) is 9.90 Å². The molecule has 1 N–H and O–H groups in total. The maximum absolute atomic E-state index is 11.3. The van der Waals surface area contributed by atoms with E-state index in [1.54, 1.807) is 6.20 Å². The van der Waals surface area contributed by atoms with Crippen LogP contribution in [0.2, 0.25) is 0 Å². The highest BCUT2D eigenvalue weighted by Crippen LogP contribution is 2.28. The molecular weight excluding hydrogens is 222 g/mol. The van der Waals surface area contributed by atoms with Crippen LogP contribution in [0.3, 0.4) is 0 Å². The van der Waals surface area contributed by atoms with Crippen LogP contribution in [0.1, 0.15) is 23.8 Å². The van der Waals surface area contributed by atoms with E-state index in [0.29, 0.717) is 25.3 Å². The van der Waals surface area contributed by atoms with Gasteiger partial charge in [-0.15, -0.1) is 0 Å². The van der Waals surface area contributed by atoms with Gasteiger partial charge >= 0.3 is 5.97 Å². The second kappa shape index (κ2) is 4.29. The van der Waals surface area contributed by atoms with Crippen molar-refractivity contribution in [1.82, 2.24) is 9.97 Å². The monoisotopic (exact) mass is 237 g/mol. The first-order chi connectivity index (χ1) is 8.08. The summed E-state index contributed by atoms with van der Waals surface area (Å²) in [7, 11) is 1.30. The maximum atomic E-state index is 11.3. The Bertz CT molecular complexity index is 430. The normalized spacial score (nSPS) is 17.5. The molecule has 1 aliphatic heterocycles. The smallest absolute Gasteiger partial charge is 0.358 e. The van der Waals surface area contributed by atoms with E-state index in [2.05, 4.69) is 14.7 Å². The van der Waals surface area contributed by atoms with Crippen LogP contribution in [-0.2, 0) is 4.74 Å². The van der Waals surface area contributed by atoms with Crippen molar-refractivity contribution >= 4 is 11.8 Å². The number of rotatable bonds is 3. The van der Waals surface area contributed by atoms with E-state index in [4.69, 9.17) is 0 Å². The summed E-state index contributed by atoms with van der Waals surface area (Å²) in [5, 5.41) is 9.89. The third-order valence-corrected chi connectivity index (χ3v) is 2.97. The predicted molar refractivity (Wildman–Crippen MR) is 60.8 cm³/mol. The molecule has 1 aromatic rings. The van der Waals surface area contributed by atoms with Gasteiger partial charge in [0.25, 0.3) is 0 Å². The SMILES string of the molecule is CCC1(O)CN(c2cncc(C(=O)OC)n2)C1. The zero-order valence-corrected chi connectivity index (χ0v) is 9.88. The second-order valence-corrected chi connectivity index (χ2v) is 4.19. The molecule has 92 valence electrons. The minimum atomic E-state index is -0.636. The highest BCUT2D eigenvalue weighted by Gasteiger charge is 2.40. The zero-order valence-electron chi connectivity index (χ0n) is 9.88. The average Bonchev–Trinajstić information content (AvgIpc) is 2.34. The molecule has 1 saturated heterocycles. The van der Waals surface area contributed by atoms with Crippen molar-refractivity contribution in [2.45, 2.75) is 18.9 Å². The van der Waals surface area contributed by atoms with Gasteiger partial charge in [-0.05, 0) is 6.42 Å². The lowest BCUT2D eigenvalue weighted by Crippen LogP contribution is -2.61. The number of carbonyl (C=O) groups excluding carboxylic acids is 1. The Morgan fingerprint density at radius 1 is 1.59 bits per heavy atom. The second-order valence-electron chi connectivity index (χ2n) is 4.19. The topological polar surface area (TPSA) is 75.5 Å². The summed E-state index contributed by atoms with van der Waals surface area (Å²) in [5.74, 6) is 0.0802. The molecule has 0 amide bonds. The Balaban J connectivity index is 2.11. The number of hydrogen-bond acceptors (Lipinski definition) is 6. The van der Waals surface area contributed by atoms with E-state index in [-0.39, 0.29) is 5.69 Å². The lowest BCUT2D eigenvalue weighted by atomic mass is 9.91. The molecule has 1 aromatic heterocycles. The number of hydrogen-bond donors (Lipinski definition) is 1. The van der Waals surface area contributed by atoms with Gasteiger partial charge in [0.05, 0.1) is 38.2 Å². The molecule has 0 radical (unpaired) electrons. The Kier molecular flexibility index (Phi) is 2.97. The van der Waals surface area contributed by atoms with Crippen molar-refractivity contribution in [3.63, 3.8) is 0 Å². The van der Waals surface area contributed by atoms with E-state index in [1.807, 2.05) is 11.8 Å². The van der Waals surface area contributed by atoms with Crippen LogP contribution in [0.25, 0.3) is 0 Å². The first-order valence-corrected chi connectivity index (χ1v) is 5.45. The Hall–Kier alpha value is -1.69. The van der Waals surface area contributed by atoms with Gasteiger partial charge in [0, 0.05) is 0 Å². The number of methoxy groups -OCH3 is 1. The van der Waals surface area contributed by atoms with Crippen molar-refractivity contribution in [2.75, 3.05) is 25.1 Å². The van der Waals surface area contributed by atoms with E-state index >= 15 is 0 Å². The number of aliphatic hydroxyl groups is 1. The van der Waals surface area contributed by atoms with Crippen molar-refractivity contribution in [2.24, 2.45) is 0 Å². The number of carbonyl (C=O) groups is 1. The Morgan fingerprint density at radius 2 is 2.29 bits per heavy atom. The molecule has 6 nitrogen and oxygen atoms in total. The summed E-state index contributed by atoms with van der Waals surface area (Å²) >= 11 is 0. The molecular formula is C11H15N3O3. The number of aromatic nitrogens is 2. The van der Waals surface area contributed by atoms with Gasteiger partial charge in [0.2, 0.25) is 0 Å². The molecule has 0 aliphatic carbocycles. The molecule has 0 spiro atoms. The third kappa shape index (κ3) is 2.21. The molecule has 0 atom stereocenters. The van der Waals surface area contributed by atoms with Crippen LogP contribution in [-0.4, -0.2) is 46.8 Å². The van der Waals surface area contributed by atoms with Crippen molar-refractivity contribution in [3.05, 3.63) is 18.1 Å². The standard InChI is InChI=1S/C11H15N3O3/c1-3-11(16)6-14(7-11)9-5-12-4-8(13-9)10(15)17-2/h4-5,16H,3,6-7H2,1-2H3. The molecule has 2 rings (SSSR count). The van der Waals surface area contributed by atoms with E-state index < -0.39 is 11.6 Å². The number of esters is 1. The Labute approximate surface area is 99.2 Å². The quantitative estimate of drug-likeness (QED) is 0.758. The maximum Gasteiger partial charge on any atom is 0.358 e. The molecule has 2 heterocycles. The number of anilines is 1. The third-order valence-electron chi connectivity index (χ3n) is 2.97. The minimum absolute atomic E-state index is 0.178. The van der Waals surface area contributed by atoms with Gasteiger partial charge in [-0.2, -0.15) is 0 Å². The molecule has 1 fully saturated rings. The molecule has 0 unspecified atom stereocenters. The molecule has 0 aromatic carbocycles. The summed E-state index contributed by atoms with van der Waals surface area (Å²) < 4.78 is 4.58. The summed E-state index contributed by atoms with van der Waals surface area (Å²) in [4.78, 5) is 21.3. The van der Waals surface area contributed by atoms with Crippen LogP contribution >= 0.6 is 0 Å². The van der Waals surface area contributed by atoms with Crippen molar-refractivity contribution < 1.29 is 14.6 Å². The lowest BCUT2D eigenvalue weighted by molar-refractivity contribution is 0.00801. The molecule has 0 saturated carbocycles. The summed E-state index contributed by atoms with van der Waals surface area (Å²) in [6, 6.07) is 0. The lowest BCUT2D eigenvalue weighted by Gasteiger charge is -2.46. The fourth-order valence-corrected chi connectivity index (χ4v) is 1.76. The van der Waals surface area contributed by atoms with Gasteiger partial charge in [-0.25, -0.2) is 9.78 Å². The number of β-amino-alcohol motifs (C(OH)–C–C–N with tert-alkyl or cyclic N) is 1. The summed E-state index contributed by atoms with van der Waals surface area (Å²) in [5.41, 5.74) is -0.458. The van der Waals surface area contributed by atoms with Gasteiger partial charge < -0.3 is 14.7 Å². The van der Waals surface area contributed by atoms with E-state index in [1.165, 1.54) is 13.3 Å². The van der Waals surface area contributed by atoms with Crippen LogP contribution in [0, 0.1) is 0 Å². The van der Waals surface area contributed by atoms with Crippen LogP contribution in [0.15, 0.2) is 12.4 Å². The highest BCUT2D eigenvalue weighted by atomic mass is 16.5. The van der Waals surface area contributed by atoms with Gasteiger partial charge in [-0.3, -0.25) is 4.98 Å². The number of nitrogens with zero attached hydrogens (tertiary/aromatic N) is 3. The van der Waals surface area contributed by atoms with Crippen LogP contribution < -0.4 is 4.90 Å². The van der Waals surface area contributed by atoms with Crippen molar-refractivity contribution in [1.29, 1.82) is 0 Å². The summed E-state index contributed by atoms with van der Waals surface area (Å²) in [6.45, 7) is 2.97. The Morgan fingerprint density at radius 3 is 2.88 bits per heavy atom. The predicted octanol–water partition coefficient (Wildman–Crippen LogP) is 0.224. The van der Waals surface area contributed by atoms with Crippen LogP contribution in [0.4, 0.5) is 5.82 Å². The fraction of sp³-hybridized carbons (Fsp3) is 0.545. The first kappa shape index (κ1) is 11.8. The average molecular weight is 237 g/mol. The van der Waals surface area contributed by atoms with E-state index in [0.717, 1.165) is 0 Å². The molecule has 6 heteroatoms. The van der Waals surface area contributed by atoms with Crippen LogP contribution in [0.5, 0.6) is 0 Å². The molecule has 0 bridgehead atoms. The van der Waals surface area contributed by atoms with Gasteiger partial charge in [0.1, 0.15) is 5.82 Å². The largest absolute Gasteiger partial charge is 0.464 e. The van der Waals surface area contributed by atoms with Gasteiger partial charge in [0.15, 0.2) is 5.69 Å². The molecule has 1 aliphatic rings. The first-order valence-electron chi connectivity index (χ1n) is 5.45. The highest BCUT2D eigenvalue weighted by molar-refractivity contribution is 5.87. The fourth-order valence-electron chi connectivity index (χ4n) is 1.76. The summed E-state index contributed by atoms with van der Waals surface area (Å²) in [6.07, 6.45) is 3.64. The molecule has 17 heavy (non-hydrogen) atoms. The van der Waals surface area contributed by atoms with Gasteiger partial charge in [-0.1, -0.05) is 6.92 Å². The number of ether oxygens (including phenoxy) is 1. The zero-order chi connectivity index (χ0) is 12.5.